The van der Waals surface area contributed by atoms with Crippen molar-refractivity contribution in [2.45, 2.75) is 33.1 Å². The number of carbonyl (C=O) groups is 1. The summed E-state index contributed by atoms with van der Waals surface area (Å²) in [7, 11) is 1.54. The van der Waals surface area contributed by atoms with Crippen molar-refractivity contribution in [1.82, 2.24) is 0 Å². The molecule has 1 rings (SSSR count). The summed E-state index contributed by atoms with van der Waals surface area (Å²) in [5.74, 6) is -1.07. The first-order valence-corrected chi connectivity index (χ1v) is 6.38. The van der Waals surface area contributed by atoms with Crippen molar-refractivity contribution in [2.24, 2.45) is 11.1 Å². The lowest BCUT2D eigenvalue weighted by molar-refractivity contribution is -0.138. The van der Waals surface area contributed by atoms with Crippen molar-refractivity contribution in [3.05, 3.63) is 29.3 Å². The summed E-state index contributed by atoms with van der Waals surface area (Å²) in [6.45, 7) is 6.50. The van der Waals surface area contributed by atoms with Crippen LogP contribution in [-0.4, -0.2) is 24.7 Å². The Morgan fingerprint density at radius 2 is 2.05 bits per heavy atom. The molecule has 0 bridgehead atoms. The van der Waals surface area contributed by atoms with E-state index in [4.69, 9.17) is 10.5 Å². The van der Waals surface area contributed by atoms with Gasteiger partial charge in [0.1, 0.15) is 5.75 Å². The maximum atomic E-state index is 11.3. The number of carboxylic acids is 1. The van der Waals surface area contributed by atoms with Gasteiger partial charge in [0.25, 0.3) is 0 Å². The minimum absolute atomic E-state index is 0.0602. The average Bonchev–Trinajstić information content (AvgIpc) is 2.27. The standard InChI is InChI=1S/C15H23NO3/c1-15(2,3)8-10-5-6-13(19-4)11(7-10)12(9-16)14(17)18/h5-7,12H,8-9,16H2,1-4H3,(H,17,18). The van der Waals surface area contributed by atoms with E-state index in [-0.39, 0.29) is 12.0 Å². The van der Waals surface area contributed by atoms with Crippen molar-refractivity contribution in [1.29, 1.82) is 0 Å². The van der Waals surface area contributed by atoms with Crippen molar-refractivity contribution < 1.29 is 14.6 Å². The van der Waals surface area contributed by atoms with Crippen LogP contribution in [-0.2, 0) is 11.2 Å². The molecule has 19 heavy (non-hydrogen) atoms. The molecule has 0 aliphatic carbocycles. The predicted molar refractivity (Wildman–Crippen MR) is 75.6 cm³/mol. The minimum atomic E-state index is -0.922. The van der Waals surface area contributed by atoms with Gasteiger partial charge in [-0.05, 0) is 23.5 Å². The van der Waals surface area contributed by atoms with Crippen molar-refractivity contribution in [2.75, 3.05) is 13.7 Å². The van der Waals surface area contributed by atoms with Crippen LogP contribution in [0.2, 0.25) is 0 Å². The lowest BCUT2D eigenvalue weighted by Gasteiger charge is -2.21. The van der Waals surface area contributed by atoms with E-state index in [0.29, 0.717) is 11.3 Å². The normalized spacial score (nSPS) is 13.1. The van der Waals surface area contributed by atoms with E-state index in [1.165, 1.54) is 7.11 Å². The van der Waals surface area contributed by atoms with Crippen LogP contribution in [0.5, 0.6) is 5.75 Å². The maximum Gasteiger partial charge on any atom is 0.312 e. The fraction of sp³-hybridized carbons (Fsp3) is 0.533. The molecule has 0 fully saturated rings. The van der Waals surface area contributed by atoms with Gasteiger partial charge >= 0.3 is 5.97 Å². The van der Waals surface area contributed by atoms with Gasteiger partial charge in [0, 0.05) is 12.1 Å². The van der Waals surface area contributed by atoms with Crippen LogP contribution in [0.1, 0.15) is 37.8 Å². The zero-order valence-corrected chi connectivity index (χ0v) is 12.1. The highest BCUT2D eigenvalue weighted by Gasteiger charge is 2.23. The van der Waals surface area contributed by atoms with E-state index in [1.54, 1.807) is 0 Å². The summed E-state index contributed by atoms with van der Waals surface area (Å²) in [6.07, 6.45) is 0.876. The summed E-state index contributed by atoms with van der Waals surface area (Å²) in [4.78, 5) is 11.3. The van der Waals surface area contributed by atoms with Gasteiger partial charge in [-0.3, -0.25) is 4.79 Å². The second-order valence-corrected chi connectivity index (χ2v) is 5.94. The van der Waals surface area contributed by atoms with Gasteiger partial charge in [-0.25, -0.2) is 0 Å². The number of carboxylic acid groups (broad SMARTS) is 1. The number of benzene rings is 1. The fourth-order valence-electron chi connectivity index (χ4n) is 2.14. The molecule has 1 aromatic carbocycles. The topological polar surface area (TPSA) is 72.5 Å². The van der Waals surface area contributed by atoms with E-state index >= 15 is 0 Å². The molecule has 3 N–H and O–H groups in total. The van der Waals surface area contributed by atoms with Crippen LogP contribution in [0.4, 0.5) is 0 Å². The Morgan fingerprint density at radius 1 is 1.42 bits per heavy atom. The summed E-state index contributed by atoms with van der Waals surface area (Å²) in [6, 6.07) is 5.70. The number of methoxy groups -OCH3 is 1. The van der Waals surface area contributed by atoms with Gasteiger partial charge in [-0.1, -0.05) is 32.9 Å². The Morgan fingerprint density at radius 3 is 2.47 bits per heavy atom. The van der Waals surface area contributed by atoms with Crippen LogP contribution in [0.15, 0.2) is 18.2 Å². The quantitative estimate of drug-likeness (QED) is 0.857. The lowest BCUT2D eigenvalue weighted by atomic mass is 9.86. The maximum absolute atomic E-state index is 11.3. The molecule has 4 nitrogen and oxygen atoms in total. The Balaban J connectivity index is 3.19. The third-order valence-electron chi connectivity index (χ3n) is 2.94. The Kier molecular flexibility index (Phi) is 4.95. The van der Waals surface area contributed by atoms with E-state index < -0.39 is 11.9 Å². The van der Waals surface area contributed by atoms with E-state index in [1.807, 2.05) is 18.2 Å². The summed E-state index contributed by atoms with van der Waals surface area (Å²) < 4.78 is 5.24. The number of hydrogen-bond acceptors (Lipinski definition) is 3. The Hall–Kier alpha value is -1.55. The largest absolute Gasteiger partial charge is 0.496 e. The summed E-state index contributed by atoms with van der Waals surface area (Å²) in [5, 5.41) is 9.23. The zero-order chi connectivity index (χ0) is 14.6. The highest BCUT2D eigenvalue weighted by Crippen LogP contribution is 2.30. The van der Waals surface area contributed by atoms with Gasteiger partial charge in [0.05, 0.1) is 13.0 Å². The lowest BCUT2D eigenvalue weighted by Crippen LogP contribution is -2.22. The molecular formula is C15H23NO3. The second-order valence-electron chi connectivity index (χ2n) is 5.94. The van der Waals surface area contributed by atoms with Crippen molar-refractivity contribution >= 4 is 5.97 Å². The van der Waals surface area contributed by atoms with Crippen LogP contribution < -0.4 is 10.5 Å². The molecule has 0 aliphatic heterocycles. The fourth-order valence-corrected chi connectivity index (χ4v) is 2.14. The van der Waals surface area contributed by atoms with Crippen LogP contribution in [0, 0.1) is 5.41 Å². The third-order valence-corrected chi connectivity index (χ3v) is 2.94. The highest BCUT2D eigenvalue weighted by molar-refractivity contribution is 5.77. The molecule has 0 spiro atoms. The molecule has 0 radical (unpaired) electrons. The monoisotopic (exact) mass is 265 g/mol. The van der Waals surface area contributed by atoms with Gasteiger partial charge in [0.15, 0.2) is 0 Å². The Labute approximate surface area is 114 Å². The SMILES string of the molecule is COc1ccc(CC(C)(C)C)cc1C(CN)C(=O)O. The molecule has 0 saturated heterocycles. The smallest absolute Gasteiger partial charge is 0.312 e. The third kappa shape index (κ3) is 4.24. The molecule has 1 atom stereocenters. The zero-order valence-electron chi connectivity index (χ0n) is 12.1. The first-order valence-electron chi connectivity index (χ1n) is 6.38. The molecular weight excluding hydrogens is 242 g/mol. The molecule has 0 aromatic heterocycles. The number of nitrogens with two attached hydrogens (primary N) is 1. The molecule has 1 unspecified atom stereocenters. The van der Waals surface area contributed by atoms with Crippen LogP contribution in [0.3, 0.4) is 0 Å². The molecule has 0 aliphatic rings. The van der Waals surface area contributed by atoms with Crippen LogP contribution in [0.25, 0.3) is 0 Å². The number of ether oxygens (including phenoxy) is 1. The molecule has 0 heterocycles. The van der Waals surface area contributed by atoms with Gasteiger partial charge < -0.3 is 15.6 Å². The molecule has 1 aromatic rings. The van der Waals surface area contributed by atoms with E-state index in [9.17, 15) is 9.90 Å². The first-order chi connectivity index (χ1) is 8.78. The van der Waals surface area contributed by atoms with E-state index in [2.05, 4.69) is 20.8 Å². The number of aliphatic carboxylic acids is 1. The van der Waals surface area contributed by atoms with Crippen molar-refractivity contribution in [3.8, 4) is 5.75 Å². The number of hydrogen-bond donors (Lipinski definition) is 2. The summed E-state index contributed by atoms with van der Waals surface area (Å²) in [5.41, 5.74) is 7.47. The minimum Gasteiger partial charge on any atom is -0.496 e. The van der Waals surface area contributed by atoms with E-state index in [0.717, 1.165) is 12.0 Å². The van der Waals surface area contributed by atoms with Gasteiger partial charge in [0.2, 0.25) is 0 Å². The Bertz CT molecular complexity index is 449. The second kappa shape index (κ2) is 6.06. The predicted octanol–water partition coefficient (Wildman–Crippen LogP) is 2.41. The summed E-state index contributed by atoms with van der Waals surface area (Å²) >= 11 is 0. The molecule has 4 heteroatoms. The van der Waals surface area contributed by atoms with Gasteiger partial charge in [-0.2, -0.15) is 0 Å². The highest BCUT2D eigenvalue weighted by atomic mass is 16.5. The van der Waals surface area contributed by atoms with Crippen molar-refractivity contribution in [3.63, 3.8) is 0 Å². The first kappa shape index (κ1) is 15.5. The van der Waals surface area contributed by atoms with Gasteiger partial charge in [-0.15, -0.1) is 0 Å². The molecule has 0 saturated carbocycles. The molecule has 106 valence electrons. The molecule has 0 amide bonds. The number of rotatable bonds is 5. The van der Waals surface area contributed by atoms with Crippen LogP contribution >= 0.6 is 0 Å². The average molecular weight is 265 g/mol.